The van der Waals surface area contributed by atoms with Crippen LogP contribution in [0.1, 0.15) is 89.5 Å². The number of amides is 2. The number of aromatic nitrogens is 6. The van der Waals surface area contributed by atoms with Gasteiger partial charge in [-0.1, -0.05) is 59.6 Å². The van der Waals surface area contributed by atoms with Gasteiger partial charge in [0.25, 0.3) is 11.1 Å². The molecule has 0 saturated carbocycles. The number of aromatic amines is 1. The van der Waals surface area contributed by atoms with E-state index in [4.69, 9.17) is 32.7 Å². The SMILES string of the molecule is Cn1c(=O)[nH]c2c(C#N)c(N3CCC[C@@H](NC(=O)OC(C)(C)C)C3)n(Cc3ccccc3Cl)c2c1=O.Cn1c(S(C)(=O)=O)nc2c(C#N)c(N3CCC[C@@H](NC(=O)OC(C)(C)C)C3)n(Cc3ccccc3Cl)c2c1=O. The molecule has 8 rings (SSSR count). The van der Waals surface area contributed by atoms with Crippen LogP contribution >= 0.6 is 23.2 Å². The Labute approximate surface area is 443 Å². The fourth-order valence-electron chi connectivity index (χ4n) is 9.35. The van der Waals surface area contributed by atoms with E-state index < -0.39 is 55.2 Å². The molecule has 2 atom stereocenters. The average molecular weight is 1090 g/mol. The summed E-state index contributed by atoms with van der Waals surface area (Å²) >= 11 is 12.9. The van der Waals surface area contributed by atoms with E-state index in [-0.39, 0.29) is 58.4 Å². The first kappa shape index (κ1) is 55.5. The lowest BCUT2D eigenvalue weighted by atomic mass is 10.1. The van der Waals surface area contributed by atoms with E-state index in [2.05, 4.69) is 32.7 Å². The van der Waals surface area contributed by atoms with Crippen LogP contribution in [0, 0.1) is 22.7 Å². The molecule has 398 valence electrons. The first-order valence-corrected chi connectivity index (χ1v) is 26.8. The summed E-state index contributed by atoms with van der Waals surface area (Å²) in [6, 6.07) is 18.3. The van der Waals surface area contributed by atoms with Crippen molar-refractivity contribution in [3.63, 3.8) is 0 Å². The molecule has 2 fully saturated rings. The fraction of sp³-hybridized carbons (Fsp3) is 0.451. The van der Waals surface area contributed by atoms with Crippen LogP contribution in [0.25, 0.3) is 22.1 Å². The van der Waals surface area contributed by atoms with Crippen LogP contribution in [0.15, 0.2) is 68.1 Å². The normalized spacial score (nSPS) is 16.2. The van der Waals surface area contributed by atoms with Gasteiger partial charge in [0.1, 0.15) is 62.7 Å². The molecule has 2 saturated heterocycles. The maximum absolute atomic E-state index is 13.6. The maximum Gasteiger partial charge on any atom is 0.407 e. The number of halogens is 2. The molecule has 2 aromatic carbocycles. The Morgan fingerprint density at radius 2 is 1.17 bits per heavy atom. The van der Waals surface area contributed by atoms with E-state index in [0.29, 0.717) is 66.3 Å². The van der Waals surface area contributed by atoms with Crippen molar-refractivity contribution in [3.05, 3.63) is 112 Å². The zero-order chi connectivity index (χ0) is 54.9. The summed E-state index contributed by atoms with van der Waals surface area (Å²) in [5.41, 5.74) is -0.747. The third-order valence-electron chi connectivity index (χ3n) is 12.5. The first-order chi connectivity index (χ1) is 35.2. The molecule has 0 aliphatic carbocycles. The number of benzene rings is 2. The summed E-state index contributed by atoms with van der Waals surface area (Å²) in [4.78, 5) is 75.0. The van der Waals surface area contributed by atoms with Gasteiger partial charge < -0.3 is 44.0 Å². The van der Waals surface area contributed by atoms with Crippen LogP contribution in [0.4, 0.5) is 21.2 Å². The Balaban J connectivity index is 0.000000219. The molecule has 4 aromatic heterocycles. The third-order valence-corrected chi connectivity index (χ3v) is 14.3. The number of sulfone groups is 1. The summed E-state index contributed by atoms with van der Waals surface area (Å²) in [5.74, 6) is 0.917. The Kier molecular flexibility index (Phi) is 16.2. The molecule has 24 heteroatoms. The van der Waals surface area contributed by atoms with Gasteiger partial charge in [-0.2, -0.15) is 10.5 Å². The molecule has 6 aromatic rings. The number of carbonyl (C=O) groups excluding carboxylic acids is 2. The lowest BCUT2D eigenvalue weighted by molar-refractivity contribution is 0.0488. The van der Waals surface area contributed by atoms with Crippen LogP contribution in [-0.2, 0) is 46.5 Å². The Hall–Kier alpha value is -7.27. The highest BCUT2D eigenvalue weighted by atomic mass is 35.5. The van der Waals surface area contributed by atoms with Crippen molar-refractivity contribution in [2.75, 3.05) is 42.2 Å². The minimum atomic E-state index is -3.87. The number of nitrogens with zero attached hydrogens (tertiary/aromatic N) is 9. The molecule has 6 heterocycles. The molecular weight excluding hydrogens is 1030 g/mol. The van der Waals surface area contributed by atoms with Gasteiger partial charge in [-0.25, -0.2) is 27.8 Å². The van der Waals surface area contributed by atoms with Crippen LogP contribution in [0.2, 0.25) is 10.0 Å². The Bertz CT molecular complexity index is 3590. The van der Waals surface area contributed by atoms with Crippen molar-refractivity contribution in [2.45, 2.75) is 109 Å². The van der Waals surface area contributed by atoms with E-state index in [9.17, 15) is 42.9 Å². The van der Waals surface area contributed by atoms with Crippen molar-refractivity contribution in [3.8, 4) is 12.1 Å². The first-order valence-electron chi connectivity index (χ1n) is 24.2. The van der Waals surface area contributed by atoms with Crippen molar-refractivity contribution >= 4 is 78.9 Å². The Morgan fingerprint density at radius 3 is 1.61 bits per heavy atom. The molecule has 75 heavy (non-hydrogen) atoms. The highest BCUT2D eigenvalue weighted by Crippen LogP contribution is 2.36. The van der Waals surface area contributed by atoms with E-state index in [1.807, 2.05) is 40.1 Å². The second kappa shape index (κ2) is 21.9. The number of nitrogens with one attached hydrogen (secondary N) is 3. The minimum absolute atomic E-state index is 0.00491. The van der Waals surface area contributed by atoms with Gasteiger partial charge in [0.15, 0.2) is 0 Å². The number of carbonyl (C=O) groups is 2. The molecule has 21 nitrogen and oxygen atoms in total. The summed E-state index contributed by atoms with van der Waals surface area (Å²) in [6.07, 6.45) is 2.78. The van der Waals surface area contributed by atoms with E-state index in [0.717, 1.165) is 33.8 Å². The quantitative estimate of drug-likeness (QED) is 0.134. The summed E-state index contributed by atoms with van der Waals surface area (Å²) < 4.78 is 41.1. The van der Waals surface area contributed by atoms with Crippen LogP contribution in [0.3, 0.4) is 0 Å². The molecule has 0 radical (unpaired) electrons. The smallest absolute Gasteiger partial charge is 0.407 e. The topological polar surface area (TPSA) is 264 Å². The van der Waals surface area contributed by atoms with Gasteiger partial charge in [0.05, 0.1) is 18.6 Å². The number of ether oxygens (including phenoxy) is 2. The minimum Gasteiger partial charge on any atom is -0.444 e. The number of fused-ring (bicyclic) bond motifs is 2. The second-order valence-corrected chi connectivity index (χ2v) is 23.3. The molecule has 2 aliphatic heterocycles. The standard InChI is InChI=1S/C26H31ClN6O5S.C25H29ClN6O4/c1-26(2,3)38-25(35)29-17-10-8-12-32(15-17)22-18(13-28)20-21(23(34)31(4)24(30-20)39(5,36)37)33(22)14-16-9-6-7-11-19(16)27;1-25(2,3)36-24(35)28-16-9-7-11-31(14-16)21-17(12-27)19-20(22(33)30(4)23(34)29-19)32(21)13-15-8-5-6-10-18(15)26/h6-7,9,11,17H,8,10,12,14-15H2,1-5H3,(H,29,35);5-6,8,10,16H,7,9,11,13-14H2,1-4H3,(H,28,35)(H,29,34)/t17-;16-/m11/s1. The molecule has 0 unspecified atom stereocenters. The molecule has 2 aliphatic rings. The number of anilines is 2. The van der Waals surface area contributed by atoms with Crippen LogP contribution in [0.5, 0.6) is 0 Å². The predicted octanol–water partition coefficient (Wildman–Crippen LogP) is 6.30. The molecular formula is C51H60Cl2N12O9S. The largest absolute Gasteiger partial charge is 0.444 e. The number of H-pyrrole nitrogens is 1. The van der Waals surface area contributed by atoms with E-state index in [1.54, 1.807) is 68.9 Å². The molecule has 2 amide bonds. The fourth-order valence-corrected chi connectivity index (χ4v) is 10.6. The van der Waals surface area contributed by atoms with E-state index in [1.165, 1.54) is 14.1 Å². The van der Waals surface area contributed by atoms with Gasteiger partial charge in [-0.05, 0) is 90.5 Å². The number of alkyl carbamates (subject to hydrolysis) is 2. The van der Waals surface area contributed by atoms with Gasteiger partial charge >= 0.3 is 17.9 Å². The van der Waals surface area contributed by atoms with Crippen molar-refractivity contribution in [1.82, 2.24) is 38.9 Å². The van der Waals surface area contributed by atoms with Gasteiger partial charge in [0.2, 0.25) is 15.0 Å². The third kappa shape index (κ3) is 12.3. The van der Waals surface area contributed by atoms with E-state index >= 15 is 0 Å². The monoisotopic (exact) mass is 1090 g/mol. The van der Waals surface area contributed by atoms with Crippen molar-refractivity contribution in [1.29, 1.82) is 10.5 Å². The highest BCUT2D eigenvalue weighted by molar-refractivity contribution is 7.90. The van der Waals surface area contributed by atoms with Crippen molar-refractivity contribution < 1.29 is 27.5 Å². The predicted molar refractivity (Wildman–Crippen MR) is 286 cm³/mol. The highest BCUT2D eigenvalue weighted by Gasteiger charge is 2.34. The number of hydrogen-bond acceptors (Lipinski definition) is 14. The summed E-state index contributed by atoms with van der Waals surface area (Å²) in [7, 11) is -1.14. The number of nitriles is 2. The molecule has 3 N–H and O–H groups in total. The lowest BCUT2D eigenvalue weighted by Gasteiger charge is -2.35. The Morgan fingerprint density at radius 1 is 0.733 bits per heavy atom. The number of hydrogen-bond donors (Lipinski definition) is 3. The zero-order valence-electron chi connectivity index (χ0n) is 43.2. The number of piperidine rings is 2. The van der Waals surface area contributed by atoms with Crippen LogP contribution < -0.4 is 37.2 Å². The zero-order valence-corrected chi connectivity index (χ0v) is 45.5. The average Bonchev–Trinajstić information content (AvgIpc) is 3.81. The van der Waals surface area contributed by atoms with Crippen molar-refractivity contribution in [2.24, 2.45) is 14.1 Å². The molecule has 0 spiro atoms. The second-order valence-electron chi connectivity index (χ2n) is 20.6. The maximum atomic E-state index is 13.6. The molecule has 0 bridgehead atoms. The number of rotatable bonds is 9. The van der Waals surface area contributed by atoms with Crippen LogP contribution in [-0.4, -0.2) is 105 Å². The lowest BCUT2D eigenvalue weighted by Crippen LogP contribution is -2.49. The van der Waals surface area contributed by atoms with Gasteiger partial charge in [0, 0.05) is 68.7 Å². The summed E-state index contributed by atoms with van der Waals surface area (Å²) in [5, 5.41) is 26.8. The summed E-state index contributed by atoms with van der Waals surface area (Å²) in [6.45, 7) is 13.0. The van der Waals surface area contributed by atoms with Gasteiger partial charge in [-0.3, -0.25) is 18.7 Å². The van der Waals surface area contributed by atoms with Gasteiger partial charge in [-0.15, -0.1) is 0 Å².